The second-order valence-corrected chi connectivity index (χ2v) is 6.24. The van der Waals surface area contributed by atoms with E-state index in [9.17, 15) is 21.6 Å². The van der Waals surface area contributed by atoms with Crippen LogP contribution in [0.3, 0.4) is 0 Å². The van der Waals surface area contributed by atoms with Gasteiger partial charge in [0, 0.05) is 5.56 Å². The number of hydrogen-bond donors (Lipinski definition) is 0. The number of rotatable bonds is 3. The molecule has 0 unspecified atom stereocenters. The van der Waals surface area contributed by atoms with Gasteiger partial charge in [-0.15, -0.1) is 11.3 Å². The molecule has 0 saturated heterocycles. The summed E-state index contributed by atoms with van der Waals surface area (Å²) in [5.74, 6) is -0.598. The third kappa shape index (κ3) is 2.88. The fraction of sp³-hybridized carbons (Fsp3) is 0.222. The van der Waals surface area contributed by atoms with Gasteiger partial charge in [0.2, 0.25) is 5.88 Å². The van der Waals surface area contributed by atoms with Crippen molar-refractivity contribution in [3.05, 3.63) is 23.3 Å². The van der Waals surface area contributed by atoms with E-state index < -0.39 is 21.5 Å². The van der Waals surface area contributed by atoms with Crippen LogP contribution in [0.1, 0.15) is 4.88 Å². The van der Waals surface area contributed by atoms with E-state index in [0.717, 1.165) is 11.3 Å². The molecule has 0 spiro atoms. The standard InChI is InChI=1S/C9H6F3N3O3S2/c1-5-7(18-20(16,17)9(10,11)12)15-8(19-5)6-2-3-13-14-4-6/h2-4H,1H3. The van der Waals surface area contributed by atoms with Crippen molar-refractivity contribution in [3.8, 4) is 16.5 Å². The quantitative estimate of drug-likeness (QED) is 0.635. The lowest BCUT2D eigenvalue weighted by Crippen LogP contribution is -2.28. The van der Waals surface area contributed by atoms with Crippen molar-refractivity contribution in [3.63, 3.8) is 0 Å². The predicted molar refractivity (Wildman–Crippen MR) is 63.5 cm³/mol. The maximum Gasteiger partial charge on any atom is 0.534 e. The van der Waals surface area contributed by atoms with Crippen LogP contribution >= 0.6 is 11.3 Å². The molecule has 0 fully saturated rings. The van der Waals surface area contributed by atoms with Gasteiger partial charge in [-0.05, 0) is 13.0 Å². The summed E-state index contributed by atoms with van der Waals surface area (Å²) in [5, 5.41) is 7.42. The largest absolute Gasteiger partial charge is 0.534 e. The molecule has 11 heteroatoms. The highest BCUT2D eigenvalue weighted by Gasteiger charge is 2.49. The molecule has 6 nitrogen and oxygen atoms in total. The molecule has 0 saturated carbocycles. The molecule has 2 aromatic rings. The van der Waals surface area contributed by atoms with E-state index >= 15 is 0 Å². The van der Waals surface area contributed by atoms with Gasteiger partial charge in [-0.1, -0.05) is 0 Å². The van der Waals surface area contributed by atoms with Gasteiger partial charge in [0.05, 0.1) is 17.3 Å². The fourth-order valence-electron chi connectivity index (χ4n) is 1.15. The Morgan fingerprint density at radius 2 is 2.00 bits per heavy atom. The molecule has 2 rings (SSSR count). The minimum Gasteiger partial charge on any atom is -0.354 e. The van der Waals surface area contributed by atoms with Gasteiger partial charge in [-0.25, -0.2) is 4.98 Å². The Hall–Kier alpha value is -1.75. The molecule has 20 heavy (non-hydrogen) atoms. The van der Waals surface area contributed by atoms with Crippen molar-refractivity contribution in [2.75, 3.05) is 0 Å². The molecule has 0 aromatic carbocycles. The van der Waals surface area contributed by atoms with E-state index in [1.165, 1.54) is 25.4 Å². The van der Waals surface area contributed by atoms with Crippen LogP contribution in [-0.2, 0) is 10.1 Å². The first-order chi connectivity index (χ1) is 9.21. The van der Waals surface area contributed by atoms with Gasteiger partial charge in [-0.2, -0.15) is 31.8 Å². The average Bonchev–Trinajstić information content (AvgIpc) is 2.70. The Morgan fingerprint density at radius 1 is 1.30 bits per heavy atom. The summed E-state index contributed by atoms with van der Waals surface area (Å²) in [6, 6.07) is 1.54. The van der Waals surface area contributed by atoms with Crippen LogP contribution in [0.15, 0.2) is 18.5 Å². The molecule has 0 bridgehead atoms. The highest BCUT2D eigenvalue weighted by atomic mass is 32.2. The third-order valence-electron chi connectivity index (χ3n) is 2.06. The van der Waals surface area contributed by atoms with Crippen LogP contribution < -0.4 is 4.18 Å². The van der Waals surface area contributed by atoms with Gasteiger partial charge in [-0.3, -0.25) is 0 Å². The number of thiazole rings is 1. The molecule has 0 amide bonds. The summed E-state index contributed by atoms with van der Waals surface area (Å²) in [6.07, 6.45) is 2.72. The first-order valence-electron chi connectivity index (χ1n) is 4.96. The van der Waals surface area contributed by atoms with Crippen LogP contribution in [0, 0.1) is 6.92 Å². The first-order valence-corrected chi connectivity index (χ1v) is 7.18. The molecule has 0 atom stereocenters. The molecule has 2 heterocycles. The first kappa shape index (κ1) is 14.7. The van der Waals surface area contributed by atoms with Crippen molar-refractivity contribution in [1.82, 2.24) is 15.2 Å². The molecule has 0 aliphatic carbocycles. The van der Waals surface area contributed by atoms with Crippen molar-refractivity contribution in [1.29, 1.82) is 0 Å². The number of aromatic nitrogens is 3. The third-order valence-corrected chi connectivity index (χ3v) is 4.00. The average molecular weight is 325 g/mol. The summed E-state index contributed by atoms with van der Waals surface area (Å²) in [5.41, 5.74) is -5.01. The summed E-state index contributed by atoms with van der Waals surface area (Å²) < 4.78 is 62.5. The number of hydrogen-bond acceptors (Lipinski definition) is 7. The second kappa shape index (κ2) is 4.98. The van der Waals surface area contributed by atoms with Crippen LogP contribution in [-0.4, -0.2) is 29.1 Å². The van der Waals surface area contributed by atoms with Crippen LogP contribution in [0.5, 0.6) is 5.88 Å². The lowest BCUT2D eigenvalue weighted by molar-refractivity contribution is -0.0501. The van der Waals surface area contributed by atoms with E-state index in [2.05, 4.69) is 19.4 Å². The summed E-state index contributed by atoms with van der Waals surface area (Å²) in [7, 11) is -5.73. The Morgan fingerprint density at radius 3 is 2.55 bits per heavy atom. The van der Waals surface area contributed by atoms with Gasteiger partial charge in [0.25, 0.3) is 0 Å². The lowest BCUT2D eigenvalue weighted by Gasteiger charge is -2.07. The second-order valence-electron chi connectivity index (χ2n) is 3.49. The zero-order chi connectivity index (χ0) is 15.0. The van der Waals surface area contributed by atoms with Crippen LogP contribution in [0.4, 0.5) is 13.2 Å². The van der Waals surface area contributed by atoms with Crippen LogP contribution in [0.25, 0.3) is 10.6 Å². The lowest BCUT2D eigenvalue weighted by atomic mass is 10.3. The molecule has 0 aliphatic rings. The van der Waals surface area contributed by atoms with Crippen molar-refractivity contribution >= 4 is 21.5 Å². The Bertz CT molecular complexity index is 713. The molecule has 2 aromatic heterocycles. The van der Waals surface area contributed by atoms with E-state index in [-0.39, 0.29) is 9.88 Å². The maximum atomic E-state index is 12.2. The zero-order valence-electron chi connectivity index (χ0n) is 9.75. The molecular weight excluding hydrogens is 319 g/mol. The summed E-state index contributed by atoms with van der Waals surface area (Å²) in [4.78, 5) is 3.93. The Labute approximate surface area is 115 Å². The highest BCUT2D eigenvalue weighted by molar-refractivity contribution is 7.88. The number of halogens is 3. The topological polar surface area (TPSA) is 82.0 Å². The SMILES string of the molecule is Cc1sc(-c2ccnnc2)nc1OS(=O)(=O)C(F)(F)F. The van der Waals surface area contributed by atoms with Gasteiger partial charge in [0.15, 0.2) is 0 Å². The monoisotopic (exact) mass is 325 g/mol. The number of alkyl halides is 3. The van der Waals surface area contributed by atoms with E-state index in [4.69, 9.17) is 0 Å². The number of aryl methyl sites for hydroxylation is 1. The molecule has 108 valence electrons. The zero-order valence-corrected chi connectivity index (χ0v) is 11.4. The summed E-state index contributed by atoms with van der Waals surface area (Å²) >= 11 is 0.983. The minimum absolute atomic E-state index is 0.199. The van der Waals surface area contributed by atoms with Crippen molar-refractivity contribution < 1.29 is 25.8 Å². The molecule has 0 radical (unpaired) electrons. The predicted octanol–water partition coefficient (Wildman–Crippen LogP) is 2.14. The maximum absolute atomic E-state index is 12.2. The van der Waals surface area contributed by atoms with Gasteiger partial charge >= 0.3 is 15.6 Å². The number of nitrogens with zero attached hydrogens (tertiary/aromatic N) is 3. The van der Waals surface area contributed by atoms with Crippen molar-refractivity contribution in [2.45, 2.75) is 12.4 Å². The van der Waals surface area contributed by atoms with E-state index in [1.54, 1.807) is 0 Å². The smallest absolute Gasteiger partial charge is 0.354 e. The van der Waals surface area contributed by atoms with Gasteiger partial charge < -0.3 is 4.18 Å². The van der Waals surface area contributed by atoms with Gasteiger partial charge in [0.1, 0.15) is 5.01 Å². The van der Waals surface area contributed by atoms with Crippen LogP contribution in [0.2, 0.25) is 0 Å². The molecule has 0 N–H and O–H groups in total. The van der Waals surface area contributed by atoms with Crippen molar-refractivity contribution in [2.24, 2.45) is 0 Å². The summed E-state index contributed by atoms with van der Waals surface area (Å²) in [6.45, 7) is 1.40. The Balaban J connectivity index is 2.35. The van der Waals surface area contributed by atoms with E-state index in [1.807, 2.05) is 0 Å². The minimum atomic E-state index is -5.73. The molecule has 0 aliphatic heterocycles. The fourth-order valence-corrected chi connectivity index (χ4v) is 2.50. The Kier molecular flexibility index (Phi) is 3.65. The highest BCUT2D eigenvalue weighted by Crippen LogP contribution is 2.34. The normalized spacial score (nSPS) is 12.4. The molecular formula is C9H6F3N3O3S2. The van der Waals surface area contributed by atoms with E-state index in [0.29, 0.717) is 5.56 Å².